The number of rotatable bonds is 4. The molecule has 3 rings (SSSR count). The fourth-order valence-corrected chi connectivity index (χ4v) is 2.29. The number of anilines is 1. The predicted molar refractivity (Wildman–Crippen MR) is 67.5 cm³/mol. The van der Waals surface area contributed by atoms with Gasteiger partial charge in [0.1, 0.15) is 11.5 Å². The van der Waals surface area contributed by atoms with E-state index in [9.17, 15) is 8.78 Å². The molecule has 1 aliphatic rings. The van der Waals surface area contributed by atoms with Crippen LogP contribution in [0.25, 0.3) is 5.65 Å². The van der Waals surface area contributed by atoms with Crippen molar-refractivity contribution in [3.63, 3.8) is 0 Å². The molecule has 2 aromatic heterocycles. The number of halogens is 2. The Labute approximate surface area is 109 Å². The Balaban J connectivity index is 1.77. The summed E-state index contributed by atoms with van der Waals surface area (Å²) >= 11 is 0. The van der Waals surface area contributed by atoms with Gasteiger partial charge in [-0.25, -0.2) is 18.3 Å². The van der Waals surface area contributed by atoms with Crippen LogP contribution < -0.4 is 10.6 Å². The molecule has 102 valence electrons. The van der Waals surface area contributed by atoms with Crippen LogP contribution in [0.1, 0.15) is 25.0 Å². The molecule has 0 saturated carbocycles. The van der Waals surface area contributed by atoms with Crippen molar-refractivity contribution in [1.29, 1.82) is 0 Å². The Bertz CT molecular complexity index is 562. The molecular formula is C12H15F2N5. The summed E-state index contributed by atoms with van der Waals surface area (Å²) in [6.45, 7) is 1.78. The van der Waals surface area contributed by atoms with E-state index in [1.54, 1.807) is 12.1 Å². The molecule has 0 spiro atoms. The molecule has 3 heterocycles. The quantitative estimate of drug-likeness (QED) is 0.887. The molecule has 0 radical (unpaired) electrons. The lowest BCUT2D eigenvalue weighted by molar-refractivity contribution is 0.143. The monoisotopic (exact) mass is 267 g/mol. The van der Waals surface area contributed by atoms with Crippen molar-refractivity contribution in [1.82, 2.24) is 19.9 Å². The van der Waals surface area contributed by atoms with Crippen LogP contribution in [0, 0.1) is 0 Å². The van der Waals surface area contributed by atoms with E-state index in [-0.39, 0.29) is 5.69 Å². The maximum atomic E-state index is 12.8. The largest absolute Gasteiger partial charge is 0.367 e. The molecule has 1 fully saturated rings. The maximum Gasteiger partial charge on any atom is 0.282 e. The summed E-state index contributed by atoms with van der Waals surface area (Å²) in [5.74, 6) is 0.584. The summed E-state index contributed by atoms with van der Waals surface area (Å²) in [6.07, 6.45) is 0.891. The number of imidazole rings is 1. The van der Waals surface area contributed by atoms with Gasteiger partial charge in [0, 0.05) is 12.6 Å². The van der Waals surface area contributed by atoms with Gasteiger partial charge in [-0.05, 0) is 31.5 Å². The van der Waals surface area contributed by atoms with E-state index in [1.807, 2.05) is 0 Å². The number of hydrogen-bond donors (Lipinski definition) is 2. The highest BCUT2D eigenvalue weighted by atomic mass is 19.3. The molecule has 2 N–H and O–H groups in total. The van der Waals surface area contributed by atoms with Crippen molar-refractivity contribution in [2.24, 2.45) is 0 Å². The van der Waals surface area contributed by atoms with Crippen molar-refractivity contribution in [2.45, 2.75) is 25.3 Å². The molecule has 0 aliphatic carbocycles. The van der Waals surface area contributed by atoms with Crippen LogP contribution in [-0.4, -0.2) is 33.7 Å². The predicted octanol–water partition coefficient (Wildman–Crippen LogP) is 1.83. The van der Waals surface area contributed by atoms with Crippen molar-refractivity contribution in [2.75, 3.05) is 18.4 Å². The van der Waals surface area contributed by atoms with Crippen LogP contribution in [0.3, 0.4) is 0 Å². The minimum atomic E-state index is -2.57. The van der Waals surface area contributed by atoms with Gasteiger partial charge in [0.05, 0.1) is 6.20 Å². The van der Waals surface area contributed by atoms with Gasteiger partial charge in [0.15, 0.2) is 5.65 Å². The van der Waals surface area contributed by atoms with Gasteiger partial charge in [0.25, 0.3) is 6.43 Å². The fraction of sp³-hybridized carbons (Fsp3) is 0.500. The molecule has 0 unspecified atom stereocenters. The van der Waals surface area contributed by atoms with E-state index in [1.165, 1.54) is 10.9 Å². The van der Waals surface area contributed by atoms with Crippen LogP contribution >= 0.6 is 0 Å². The van der Waals surface area contributed by atoms with Gasteiger partial charge >= 0.3 is 0 Å². The Kier molecular flexibility index (Phi) is 3.29. The van der Waals surface area contributed by atoms with Crippen molar-refractivity contribution >= 4 is 11.5 Å². The van der Waals surface area contributed by atoms with Gasteiger partial charge < -0.3 is 10.6 Å². The van der Waals surface area contributed by atoms with E-state index in [4.69, 9.17) is 0 Å². The Morgan fingerprint density at radius 2 is 2.37 bits per heavy atom. The zero-order valence-corrected chi connectivity index (χ0v) is 10.3. The van der Waals surface area contributed by atoms with Gasteiger partial charge in [0.2, 0.25) is 0 Å². The number of nitrogens with zero attached hydrogens (tertiary/aromatic N) is 3. The maximum absolute atomic E-state index is 12.8. The third-order valence-electron chi connectivity index (χ3n) is 3.30. The van der Waals surface area contributed by atoms with Gasteiger partial charge in [-0.2, -0.15) is 0 Å². The topological polar surface area (TPSA) is 54.2 Å². The Morgan fingerprint density at radius 1 is 1.47 bits per heavy atom. The molecule has 7 heteroatoms. The Hall–Kier alpha value is -1.76. The average molecular weight is 267 g/mol. The summed E-state index contributed by atoms with van der Waals surface area (Å²) in [7, 11) is 0. The molecule has 0 amide bonds. The van der Waals surface area contributed by atoms with Crippen molar-refractivity contribution in [3.8, 4) is 0 Å². The second-order valence-corrected chi connectivity index (χ2v) is 4.65. The lowest BCUT2D eigenvalue weighted by atomic mass is 10.2. The first-order valence-corrected chi connectivity index (χ1v) is 6.34. The second-order valence-electron chi connectivity index (χ2n) is 4.65. The number of alkyl halides is 2. The van der Waals surface area contributed by atoms with Gasteiger partial charge in [-0.3, -0.25) is 0 Å². The third kappa shape index (κ3) is 2.51. The van der Waals surface area contributed by atoms with E-state index in [0.717, 1.165) is 25.7 Å². The van der Waals surface area contributed by atoms with Crippen LogP contribution in [0.15, 0.2) is 18.3 Å². The molecule has 1 saturated heterocycles. The van der Waals surface area contributed by atoms with Crippen molar-refractivity contribution in [3.05, 3.63) is 24.0 Å². The molecule has 2 aromatic rings. The molecule has 0 aromatic carbocycles. The number of fused-ring (bicyclic) bond motifs is 1. The lowest BCUT2D eigenvalue weighted by Gasteiger charge is -2.12. The SMILES string of the molecule is FC(F)c1cnc2ccc(NC[C@@H]3CCCN3)nn12. The van der Waals surface area contributed by atoms with Crippen LogP contribution in [0.2, 0.25) is 0 Å². The van der Waals surface area contributed by atoms with Crippen LogP contribution in [-0.2, 0) is 0 Å². The number of hydrogen-bond acceptors (Lipinski definition) is 4. The molecule has 0 bridgehead atoms. The van der Waals surface area contributed by atoms with Crippen LogP contribution in [0.4, 0.5) is 14.6 Å². The van der Waals surface area contributed by atoms with E-state index < -0.39 is 6.43 Å². The summed E-state index contributed by atoms with van der Waals surface area (Å²) < 4.78 is 26.7. The molecule has 1 atom stereocenters. The second kappa shape index (κ2) is 5.08. The average Bonchev–Trinajstić information content (AvgIpc) is 3.05. The molecule has 1 aliphatic heterocycles. The first kappa shape index (κ1) is 12.3. The molecule has 5 nitrogen and oxygen atoms in total. The summed E-state index contributed by atoms with van der Waals surface area (Å²) in [4.78, 5) is 3.90. The number of aromatic nitrogens is 3. The fourth-order valence-electron chi connectivity index (χ4n) is 2.29. The standard InChI is InChI=1S/C12H15F2N5/c13-12(14)9-7-17-11-4-3-10(18-19(9)11)16-6-8-2-1-5-15-8/h3-4,7-8,12,15H,1-2,5-6H2,(H,16,18)/t8-/m0/s1. The molecule has 19 heavy (non-hydrogen) atoms. The highest BCUT2D eigenvalue weighted by Gasteiger charge is 2.16. The number of nitrogens with one attached hydrogen (secondary N) is 2. The summed E-state index contributed by atoms with van der Waals surface area (Å²) in [5.41, 5.74) is 0.248. The first-order chi connectivity index (χ1) is 9.24. The lowest BCUT2D eigenvalue weighted by Crippen LogP contribution is -2.29. The zero-order chi connectivity index (χ0) is 13.2. The minimum Gasteiger partial charge on any atom is -0.367 e. The van der Waals surface area contributed by atoms with E-state index in [2.05, 4.69) is 20.7 Å². The molecular weight excluding hydrogens is 252 g/mol. The van der Waals surface area contributed by atoms with E-state index in [0.29, 0.717) is 17.5 Å². The van der Waals surface area contributed by atoms with E-state index >= 15 is 0 Å². The summed E-state index contributed by atoms with van der Waals surface area (Å²) in [6, 6.07) is 3.87. The highest BCUT2D eigenvalue weighted by molar-refractivity contribution is 5.45. The summed E-state index contributed by atoms with van der Waals surface area (Å²) in [5, 5.41) is 10.7. The zero-order valence-electron chi connectivity index (χ0n) is 10.3. The van der Waals surface area contributed by atoms with Crippen molar-refractivity contribution < 1.29 is 8.78 Å². The normalized spacial score (nSPS) is 19.4. The highest BCUT2D eigenvalue weighted by Crippen LogP contribution is 2.19. The first-order valence-electron chi connectivity index (χ1n) is 6.34. The minimum absolute atomic E-state index is 0.183. The Morgan fingerprint density at radius 3 is 3.11 bits per heavy atom. The smallest absolute Gasteiger partial charge is 0.282 e. The third-order valence-corrected chi connectivity index (χ3v) is 3.30. The van der Waals surface area contributed by atoms with Crippen LogP contribution in [0.5, 0.6) is 0 Å². The van der Waals surface area contributed by atoms with Gasteiger partial charge in [-0.15, -0.1) is 5.10 Å². The van der Waals surface area contributed by atoms with Gasteiger partial charge in [-0.1, -0.05) is 0 Å².